The Labute approximate surface area is 161 Å². The molecule has 2 aromatic rings. The van der Waals surface area contributed by atoms with Crippen LogP contribution in [0.5, 0.6) is 0 Å². The zero-order valence-electron chi connectivity index (χ0n) is 15.1. The number of rotatable bonds is 3. The fourth-order valence-electron chi connectivity index (χ4n) is 3.70. The fourth-order valence-corrected chi connectivity index (χ4v) is 3.70. The lowest BCUT2D eigenvalue weighted by Crippen LogP contribution is -2.17. The lowest BCUT2D eigenvalue weighted by Gasteiger charge is -2.20. The van der Waals surface area contributed by atoms with Crippen molar-refractivity contribution in [1.29, 1.82) is 0 Å². The van der Waals surface area contributed by atoms with E-state index in [9.17, 15) is 18.0 Å². The van der Waals surface area contributed by atoms with E-state index in [1.807, 2.05) is 18.2 Å². The summed E-state index contributed by atoms with van der Waals surface area (Å²) in [6, 6.07) is 9.15. The predicted octanol–water partition coefficient (Wildman–Crippen LogP) is 5.35. The van der Waals surface area contributed by atoms with Gasteiger partial charge in [-0.2, -0.15) is 13.2 Å². The molecule has 2 aliphatic carbocycles. The molecule has 0 saturated carbocycles. The number of nitrogens with one attached hydrogen (secondary N) is 1. The molecule has 144 valence electrons. The van der Waals surface area contributed by atoms with E-state index in [-0.39, 0.29) is 12.3 Å². The molecule has 1 heterocycles. The van der Waals surface area contributed by atoms with Gasteiger partial charge in [0.15, 0.2) is 0 Å². The number of pyridine rings is 1. The van der Waals surface area contributed by atoms with Gasteiger partial charge in [0, 0.05) is 29.1 Å². The molecule has 6 heteroatoms. The average Bonchev–Trinajstić information content (AvgIpc) is 3.15. The van der Waals surface area contributed by atoms with Crippen LogP contribution in [0, 0.1) is 0 Å². The van der Waals surface area contributed by atoms with Crippen LogP contribution in [0.2, 0.25) is 0 Å². The van der Waals surface area contributed by atoms with E-state index >= 15 is 0 Å². The van der Waals surface area contributed by atoms with Crippen molar-refractivity contribution in [2.24, 2.45) is 0 Å². The van der Waals surface area contributed by atoms with Gasteiger partial charge in [0.2, 0.25) is 0 Å². The quantitative estimate of drug-likeness (QED) is 0.775. The maximum Gasteiger partial charge on any atom is 0.412 e. The molecule has 3 nitrogen and oxygen atoms in total. The lowest BCUT2D eigenvalue weighted by atomic mass is 9.91. The van der Waals surface area contributed by atoms with Gasteiger partial charge < -0.3 is 5.32 Å². The Balaban J connectivity index is 1.44. The van der Waals surface area contributed by atoms with Crippen molar-refractivity contribution in [2.75, 3.05) is 5.32 Å². The lowest BCUT2D eigenvalue weighted by molar-refractivity contribution is -0.0944. The number of alkyl halides is 3. The van der Waals surface area contributed by atoms with E-state index in [4.69, 9.17) is 0 Å². The van der Waals surface area contributed by atoms with Crippen LogP contribution < -0.4 is 5.32 Å². The number of allylic oxidation sites excluding steroid dienone is 4. The molecule has 0 saturated heterocycles. The number of halogens is 3. The van der Waals surface area contributed by atoms with Gasteiger partial charge in [-0.1, -0.05) is 24.3 Å². The summed E-state index contributed by atoms with van der Waals surface area (Å²) in [6.45, 7) is 0. The summed E-state index contributed by atoms with van der Waals surface area (Å²) in [5.41, 5.74) is 3.65. The Morgan fingerprint density at radius 3 is 2.68 bits per heavy atom. The summed E-state index contributed by atoms with van der Waals surface area (Å²) in [7, 11) is 0. The zero-order chi connectivity index (χ0) is 19.7. The molecule has 1 amide bonds. The van der Waals surface area contributed by atoms with E-state index in [2.05, 4.69) is 10.3 Å². The number of fused-ring (bicyclic) bond motifs is 1. The van der Waals surface area contributed by atoms with Crippen molar-refractivity contribution in [2.45, 2.75) is 37.8 Å². The molecule has 2 aliphatic rings. The molecule has 1 atom stereocenters. The summed E-state index contributed by atoms with van der Waals surface area (Å²) >= 11 is 0. The van der Waals surface area contributed by atoms with Crippen LogP contribution in [-0.2, 0) is 12.8 Å². The van der Waals surface area contributed by atoms with Crippen molar-refractivity contribution in [3.63, 3.8) is 0 Å². The van der Waals surface area contributed by atoms with E-state index in [0.29, 0.717) is 11.3 Å². The van der Waals surface area contributed by atoms with Crippen molar-refractivity contribution in [3.05, 3.63) is 82.7 Å². The molecule has 1 aromatic heterocycles. The van der Waals surface area contributed by atoms with Crippen LogP contribution in [0.4, 0.5) is 18.9 Å². The summed E-state index contributed by atoms with van der Waals surface area (Å²) in [6.07, 6.45) is 4.38. The van der Waals surface area contributed by atoms with E-state index in [1.54, 1.807) is 18.2 Å². The Hall–Kier alpha value is -2.89. The largest absolute Gasteiger partial charge is 0.412 e. The first-order chi connectivity index (χ1) is 13.4. The van der Waals surface area contributed by atoms with Gasteiger partial charge in [-0.25, -0.2) is 0 Å². The number of carbonyl (C=O) groups excluding carboxylic acids is 1. The summed E-state index contributed by atoms with van der Waals surface area (Å²) in [5.74, 6) is -0.734. The number of carbonyl (C=O) groups is 1. The third kappa shape index (κ3) is 3.86. The van der Waals surface area contributed by atoms with Gasteiger partial charge in [-0.15, -0.1) is 0 Å². The maximum absolute atomic E-state index is 12.9. The van der Waals surface area contributed by atoms with Crippen molar-refractivity contribution < 1.29 is 18.0 Å². The van der Waals surface area contributed by atoms with Crippen molar-refractivity contribution in [3.8, 4) is 0 Å². The number of amides is 1. The van der Waals surface area contributed by atoms with Crippen LogP contribution in [0.1, 0.15) is 45.9 Å². The highest BCUT2D eigenvalue weighted by Crippen LogP contribution is 2.36. The number of anilines is 1. The fraction of sp³-hybridized carbons (Fsp3) is 0.273. The molecule has 0 spiro atoms. The topological polar surface area (TPSA) is 42.0 Å². The molecule has 1 N–H and O–H groups in total. The van der Waals surface area contributed by atoms with Crippen molar-refractivity contribution >= 4 is 11.6 Å². The SMILES string of the molecule is O=C(Nc1ccc2c(c1)CCC2)c1ccc(C2C=CC=C(C(F)(F)F)C2)nc1. The molecule has 28 heavy (non-hydrogen) atoms. The Morgan fingerprint density at radius 1 is 1.11 bits per heavy atom. The highest BCUT2D eigenvalue weighted by Gasteiger charge is 2.35. The smallest absolute Gasteiger partial charge is 0.322 e. The molecule has 0 bridgehead atoms. The zero-order valence-corrected chi connectivity index (χ0v) is 15.1. The standard InChI is InChI=1S/C22H19F3N2O/c23-22(24,25)18-6-2-5-16(11-18)20-10-8-17(13-26-20)21(28)27-19-9-7-14-3-1-4-15(14)12-19/h2,5-10,12-13,16H,1,3-4,11H2,(H,27,28). The normalized spacial score (nSPS) is 18.5. The van der Waals surface area contributed by atoms with Crippen LogP contribution >= 0.6 is 0 Å². The summed E-state index contributed by atoms with van der Waals surface area (Å²) < 4.78 is 38.7. The number of hydrogen-bond donors (Lipinski definition) is 1. The van der Waals surface area contributed by atoms with E-state index < -0.39 is 17.7 Å². The third-order valence-corrected chi connectivity index (χ3v) is 5.23. The second kappa shape index (κ2) is 7.26. The third-order valence-electron chi connectivity index (χ3n) is 5.23. The molecule has 0 aliphatic heterocycles. The first-order valence-corrected chi connectivity index (χ1v) is 9.24. The van der Waals surface area contributed by atoms with Gasteiger partial charge in [0.05, 0.1) is 5.56 Å². The molecule has 1 aromatic carbocycles. The van der Waals surface area contributed by atoms with Crippen LogP contribution in [0.25, 0.3) is 0 Å². The van der Waals surface area contributed by atoms with Gasteiger partial charge in [0.1, 0.15) is 0 Å². The van der Waals surface area contributed by atoms with Gasteiger partial charge in [0.25, 0.3) is 5.91 Å². The maximum atomic E-state index is 12.9. The minimum Gasteiger partial charge on any atom is -0.322 e. The van der Waals surface area contributed by atoms with Crippen LogP contribution in [0.15, 0.2) is 60.3 Å². The molecular formula is C22H19F3N2O. The van der Waals surface area contributed by atoms with E-state index in [1.165, 1.54) is 23.4 Å². The van der Waals surface area contributed by atoms with Gasteiger partial charge in [-0.05, 0) is 61.1 Å². The molecular weight excluding hydrogens is 365 g/mol. The minimum absolute atomic E-state index is 0.145. The summed E-state index contributed by atoms with van der Waals surface area (Å²) in [4.78, 5) is 16.7. The first-order valence-electron chi connectivity index (χ1n) is 9.24. The van der Waals surface area contributed by atoms with Gasteiger partial charge in [-0.3, -0.25) is 9.78 Å². The number of aryl methyl sites for hydroxylation is 2. The molecule has 0 fully saturated rings. The number of benzene rings is 1. The predicted molar refractivity (Wildman–Crippen MR) is 101 cm³/mol. The van der Waals surface area contributed by atoms with E-state index in [0.717, 1.165) is 31.0 Å². The number of hydrogen-bond acceptors (Lipinski definition) is 2. The monoisotopic (exact) mass is 384 g/mol. The Kier molecular flexibility index (Phi) is 4.79. The minimum atomic E-state index is -4.33. The Bertz CT molecular complexity index is 959. The first kappa shape index (κ1) is 18.5. The Morgan fingerprint density at radius 2 is 1.93 bits per heavy atom. The second-order valence-corrected chi connectivity index (χ2v) is 7.15. The highest BCUT2D eigenvalue weighted by atomic mass is 19.4. The van der Waals surface area contributed by atoms with Crippen LogP contribution in [0.3, 0.4) is 0 Å². The molecule has 0 radical (unpaired) electrons. The average molecular weight is 384 g/mol. The molecule has 4 rings (SSSR count). The number of nitrogens with zero attached hydrogens (tertiary/aromatic N) is 1. The highest BCUT2D eigenvalue weighted by molar-refractivity contribution is 6.04. The van der Waals surface area contributed by atoms with Crippen LogP contribution in [-0.4, -0.2) is 17.1 Å². The van der Waals surface area contributed by atoms with Gasteiger partial charge >= 0.3 is 6.18 Å². The second-order valence-electron chi connectivity index (χ2n) is 7.15. The summed E-state index contributed by atoms with van der Waals surface area (Å²) in [5, 5.41) is 2.86. The van der Waals surface area contributed by atoms with Crippen molar-refractivity contribution in [1.82, 2.24) is 4.98 Å². The molecule has 1 unspecified atom stereocenters. The number of aromatic nitrogens is 1.